The van der Waals surface area contributed by atoms with Crippen LogP contribution in [0.25, 0.3) is 0 Å². The zero-order valence-corrected chi connectivity index (χ0v) is 11.6. The molecule has 0 heterocycles. The van der Waals surface area contributed by atoms with Gasteiger partial charge in [-0.2, -0.15) is 0 Å². The van der Waals surface area contributed by atoms with Gasteiger partial charge in [0, 0.05) is 5.02 Å². The first kappa shape index (κ1) is 12.3. The summed E-state index contributed by atoms with van der Waals surface area (Å²) in [7, 11) is 0.0276. The van der Waals surface area contributed by atoms with Gasteiger partial charge in [-0.25, -0.2) is 10.9 Å². The van der Waals surface area contributed by atoms with Crippen LogP contribution in [0.5, 0.6) is 0 Å². The number of hydrogen-bond acceptors (Lipinski definition) is 0. The van der Waals surface area contributed by atoms with E-state index in [1.807, 2.05) is 6.07 Å². The topological polar surface area (TPSA) is 0 Å². The third-order valence-corrected chi connectivity index (χ3v) is 6.75. The third-order valence-electron chi connectivity index (χ3n) is 3.50. The van der Waals surface area contributed by atoms with Crippen molar-refractivity contribution in [2.75, 3.05) is 5.75 Å². The maximum atomic E-state index is 6.10. The van der Waals surface area contributed by atoms with Crippen molar-refractivity contribution in [3.63, 3.8) is 0 Å². The predicted octanol–water partition coefficient (Wildman–Crippen LogP) is 5.05. The smallest absolute Gasteiger partial charge is 0.0416 e. The maximum absolute atomic E-state index is 6.10. The molecule has 16 heavy (non-hydrogen) atoms. The van der Waals surface area contributed by atoms with Crippen LogP contribution in [-0.2, 0) is 0 Å². The summed E-state index contributed by atoms with van der Waals surface area (Å²) in [6.45, 7) is 2.33. The molecule has 0 aliphatic heterocycles. The van der Waals surface area contributed by atoms with Crippen LogP contribution in [0.2, 0.25) is 5.02 Å². The summed E-state index contributed by atoms with van der Waals surface area (Å²) in [6.07, 6.45) is 7.19. The Hall–Kier alpha value is -0.140. The predicted molar refractivity (Wildman–Crippen MR) is 76.1 cm³/mol. The highest BCUT2D eigenvalue weighted by atomic mass is 35.5. The quantitative estimate of drug-likeness (QED) is 0.719. The fraction of sp³-hybridized carbons (Fsp3) is 0.571. The molecule has 90 valence electrons. The molecule has 0 saturated heterocycles. The molecule has 2 heteroatoms. The molecule has 0 amide bonds. The highest BCUT2D eigenvalue weighted by molar-refractivity contribution is 8.17. The first-order chi connectivity index (χ1) is 7.81. The second-order valence-electron chi connectivity index (χ2n) is 4.56. The molecule has 0 nitrogen and oxygen atoms in total. The van der Waals surface area contributed by atoms with E-state index in [1.165, 1.54) is 42.8 Å². The average molecular weight is 257 g/mol. The Balaban J connectivity index is 2.14. The van der Waals surface area contributed by atoms with Crippen LogP contribution in [0, 0.1) is 0 Å². The van der Waals surface area contributed by atoms with Gasteiger partial charge in [-0.1, -0.05) is 49.9 Å². The largest absolute Gasteiger partial charge is 0.224 e. The lowest BCUT2D eigenvalue weighted by Crippen LogP contribution is -2.14. The zero-order chi connectivity index (χ0) is 11.4. The van der Waals surface area contributed by atoms with Crippen molar-refractivity contribution >= 4 is 22.5 Å². The van der Waals surface area contributed by atoms with Crippen LogP contribution in [0.1, 0.15) is 39.0 Å². The minimum Gasteiger partial charge on any atom is -0.224 e. The normalized spacial score (nSPS) is 20.8. The molecule has 1 aliphatic rings. The molecule has 1 aromatic rings. The van der Waals surface area contributed by atoms with Crippen molar-refractivity contribution in [1.82, 2.24) is 0 Å². The van der Waals surface area contributed by atoms with Crippen molar-refractivity contribution in [2.45, 2.75) is 49.2 Å². The second-order valence-corrected chi connectivity index (χ2v) is 7.81. The molecular weight excluding hydrogens is 236 g/mol. The molecule has 0 bridgehead atoms. The van der Waals surface area contributed by atoms with E-state index < -0.39 is 0 Å². The summed E-state index contributed by atoms with van der Waals surface area (Å²) in [5, 5.41) is 1.85. The van der Waals surface area contributed by atoms with E-state index in [1.54, 1.807) is 0 Å². The van der Waals surface area contributed by atoms with Crippen molar-refractivity contribution in [1.29, 1.82) is 0 Å². The second kappa shape index (κ2) is 5.97. The zero-order valence-electron chi connectivity index (χ0n) is 9.95. The van der Waals surface area contributed by atoms with Crippen molar-refractivity contribution in [3.8, 4) is 0 Å². The van der Waals surface area contributed by atoms with E-state index in [9.17, 15) is 0 Å². The first-order valence-electron chi connectivity index (χ1n) is 6.33. The Kier molecular flexibility index (Phi) is 4.60. The molecule has 2 rings (SSSR count). The molecule has 0 spiro atoms. The van der Waals surface area contributed by atoms with Crippen LogP contribution in [0.3, 0.4) is 0 Å². The van der Waals surface area contributed by atoms with Gasteiger partial charge in [0.2, 0.25) is 0 Å². The molecule has 1 fully saturated rings. The first-order valence-corrected chi connectivity index (χ1v) is 8.31. The van der Waals surface area contributed by atoms with Crippen LogP contribution in [0.15, 0.2) is 29.2 Å². The molecule has 1 aliphatic carbocycles. The standard InChI is InChI=1S/C14H21ClS/c1-2-16(13-8-4-3-5-9-13)14-10-6-7-12(15)11-14/h6-7,10-11,13,16H,2-5,8-9H2,1H3. The van der Waals surface area contributed by atoms with E-state index >= 15 is 0 Å². The maximum Gasteiger partial charge on any atom is 0.0416 e. The number of benzene rings is 1. The molecule has 1 saturated carbocycles. The Bertz CT molecular complexity index is 331. The van der Waals surface area contributed by atoms with Crippen molar-refractivity contribution in [3.05, 3.63) is 29.3 Å². The van der Waals surface area contributed by atoms with Crippen molar-refractivity contribution in [2.24, 2.45) is 0 Å². The molecule has 0 aromatic heterocycles. The summed E-state index contributed by atoms with van der Waals surface area (Å²) < 4.78 is 0. The molecule has 0 radical (unpaired) electrons. The molecule has 1 unspecified atom stereocenters. The van der Waals surface area contributed by atoms with E-state index in [0.29, 0.717) is 0 Å². The fourth-order valence-corrected chi connectivity index (χ4v) is 5.84. The summed E-state index contributed by atoms with van der Waals surface area (Å²) in [4.78, 5) is 1.51. The molecule has 1 atom stereocenters. The Morgan fingerprint density at radius 1 is 1.25 bits per heavy atom. The fourth-order valence-electron chi connectivity index (χ4n) is 2.70. The lowest BCUT2D eigenvalue weighted by Gasteiger charge is -2.33. The van der Waals surface area contributed by atoms with Gasteiger partial charge < -0.3 is 0 Å². The Morgan fingerprint density at radius 2 is 2.00 bits per heavy atom. The van der Waals surface area contributed by atoms with E-state index in [4.69, 9.17) is 11.6 Å². The minimum absolute atomic E-state index is 0.0276. The van der Waals surface area contributed by atoms with Gasteiger partial charge in [0.25, 0.3) is 0 Å². The van der Waals surface area contributed by atoms with E-state index in [0.717, 1.165) is 10.3 Å². The highest BCUT2D eigenvalue weighted by Gasteiger charge is 2.20. The van der Waals surface area contributed by atoms with Gasteiger partial charge in [-0.15, -0.1) is 0 Å². The summed E-state index contributed by atoms with van der Waals surface area (Å²) in [6, 6.07) is 8.54. The van der Waals surface area contributed by atoms with Crippen LogP contribution in [0.4, 0.5) is 0 Å². The summed E-state index contributed by atoms with van der Waals surface area (Å²) in [5.74, 6) is 1.31. The number of rotatable bonds is 3. The third kappa shape index (κ3) is 2.95. The molecular formula is C14H21ClS. The van der Waals surface area contributed by atoms with Gasteiger partial charge in [0.1, 0.15) is 0 Å². The minimum atomic E-state index is 0.0276. The summed E-state index contributed by atoms with van der Waals surface area (Å²) >= 11 is 6.10. The van der Waals surface area contributed by atoms with Gasteiger partial charge in [-0.3, -0.25) is 0 Å². The van der Waals surface area contributed by atoms with Crippen LogP contribution >= 0.6 is 22.5 Å². The van der Waals surface area contributed by atoms with Crippen LogP contribution < -0.4 is 0 Å². The Labute approximate surface area is 107 Å². The molecule has 1 aromatic carbocycles. The lowest BCUT2D eigenvalue weighted by molar-refractivity contribution is 0.514. The number of hydrogen-bond donors (Lipinski definition) is 1. The summed E-state index contributed by atoms with van der Waals surface area (Å²) in [5.41, 5.74) is 0. The van der Waals surface area contributed by atoms with Gasteiger partial charge >= 0.3 is 0 Å². The van der Waals surface area contributed by atoms with Crippen molar-refractivity contribution < 1.29 is 0 Å². The van der Waals surface area contributed by atoms with Gasteiger partial charge in [0.15, 0.2) is 0 Å². The van der Waals surface area contributed by atoms with E-state index in [-0.39, 0.29) is 10.9 Å². The number of thiol groups is 1. The lowest BCUT2D eigenvalue weighted by atomic mass is 10.0. The Morgan fingerprint density at radius 3 is 2.62 bits per heavy atom. The molecule has 0 N–H and O–H groups in total. The number of halogens is 1. The average Bonchev–Trinajstić information content (AvgIpc) is 2.31. The van der Waals surface area contributed by atoms with E-state index in [2.05, 4.69) is 25.1 Å². The monoisotopic (exact) mass is 256 g/mol. The van der Waals surface area contributed by atoms with Gasteiger partial charge in [0.05, 0.1) is 0 Å². The highest BCUT2D eigenvalue weighted by Crippen LogP contribution is 2.46. The SMILES string of the molecule is CC[SH](c1cccc(Cl)c1)C1CCCCC1. The van der Waals surface area contributed by atoms with Gasteiger partial charge in [-0.05, 0) is 40.9 Å². The van der Waals surface area contributed by atoms with Crippen LogP contribution in [-0.4, -0.2) is 11.0 Å².